The van der Waals surface area contributed by atoms with E-state index < -0.39 is 17.3 Å². The predicted octanol–water partition coefficient (Wildman–Crippen LogP) is 4.02. The van der Waals surface area contributed by atoms with Gasteiger partial charge in [-0.3, -0.25) is 4.79 Å². The maximum Gasteiger partial charge on any atom is 0.252 e. The van der Waals surface area contributed by atoms with Crippen LogP contribution >= 0.6 is 34.8 Å². The zero-order valence-corrected chi connectivity index (χ0v) is 20.6. The SMILES string of the molecule is C[S+]([O-])c1ccc(C(=O)NC[C@@H](O)CN2CCC(Oc3ccc(Cl)c(Cl)c3)CC2)c(Cl)c1. The van der Waals surface area contributed by atoms with Crippen molar-refractivity contribution in [3.63, 3.8) is 0 Å². The zero-order valence-electron chi connectivity index (χ0n) is 17.5. The van der Waals surface area contributed by atoms with Gasteiger partial charge in [-0.1, -0.05) is 34.8 Å². The number of nitrogens with zero attached hydrogens (tertiary/aromatic N) is 1. The van der Waals surface area contributed by atoms with Crippen LogP contribution < -0.4 is 10.1 Å². The topological polar surface area (TPSA) is 84.9 Å². The Morgan fingerprint density at radius 1 is 1.19 bits per heavy atom. The van der Waals surface area contributed by atoms with Crippen molar-refractivity contribution >= 4 is 51.9 Å². The molecule has 1 saturated heterocycles. The number of hydrogen-bond acceptors (Lipinski definition) is 5. The number of β-amino-alcohol motifs (C(OH)–C–C–N with tert-alkyl or cyclic N) is 1. The van der Waals surface area contributed by atoms with Crippen molar-refractivity contribution in [2.75, 3.05) is 32.4 Å². The maximum atomic E-state index is 12.4. The Kier molecular flexibility index (Phi) is 9.37. The molecule has 0 aromatic heterocycles. The monoisotopic (exact) mass is 518 g/mol. The van der Waals surface area contributed by atoms with Crippen LogP contribution in [0.4, 0.5) is 0 Å². The third-order valence-electron chi connectivity index (χ3n) is 5.21. The molecule has 3 rings (SSSR count). The lowest BCUT2D eigenvalue weighted by Crippen LogP contribution is -2.45. The van der Waals surface area contributed by atoms with Crippen molar-refractivity contribution in [2.45, 2.75) is 29.9 Å². The molecule has 174 valence electrons. The molecule has 32 heavy (non-hydrogen) atoms. The molecule has 6 nitrogen and oxygen atoms in total. The van der Waals surface area contributed by atoms with Gasteiger partial charge in [-0.25, -0.2) is 0 Å². The number of aliphatic hydroxyl groups excluding tert-OH is 1. The van der Waals surface area contributed by atoms with Gasteiger partial charge in [0, 0.05) is 38.3 Å². The summed E-state index contributed by atoms with van der Waals surface area (Å²) in [6.07, 6.45) is 2.54. The molecule has 1 fully saturated rings. The van der Waals surface area contributed by atoms with E-state index in [1.807, 2.05) is 0 Å². The fraction of sp³-hybridized carbons (Fsp3) is 0.409. The van der Waals surface area contributed by atoms with Gasteiger partial charge in [-0.15, -0.1) is 0 Å². The predicted molar refractivity (Wildman–Crippen MR) is 129 cm³/mol. The molecular formula is C22H25Cl3N2O4S. The van der Waals surface area contributed by atoms with Crippen LogP contribution in [0.2, 0.25) is 15.1 Å². The van der Waals surface area contributed by atoms with Crippen molar-refractivity contribution in [3.8, 4) is 5.75 Å². The summed E-state index contributed by atoms with van der Waals surface area (Å²) < 4.78 is 17.5. The van der Waals surface area contributed by atoms with Crippen molar-refractivity contribution in [1.29, 1.82) is 0 Å². The van der Waals surface area contributed by atoms with Crippen molar-refractivity contribution < 1.29 is 19.2 Å². The Morgan fingerprint density at radius 2 is 1.91 bits per heavy atom. The van der Waals surface area contributed by atoms with Gasteiger partial charge in [0.15, 0.2) is 4.90 Å². The van der Waals surface area contributed by atoms with E-state index in [9.17, 15) is 14.5 Å². The van der Waals surface area contributed by atoms with Gasteiger partial charge in [-0.2, -0.15) is 0 Å². The van der Waals surface area contributed by atoms with Crippen molar-refractivity contribution in [3.05, 3.63) is 57.0 Å². The molecule has 2 aromatic carbocycles. The molecule has 10 heteroatoms. The lowest BCUT2D eigenvalue weighted by molar-refractivity contribution is 0.0594. The molecule has 0 aliphatic carbocycles. The summed E-state index contributed by atoms with van der Waals surface area (Å²) in [6, 6.07) is 9.90. The fourth-order valence-electron chi connectivity index (χ4n) is 3.48. The highest BCUT2D eigenvalue weighted by Gasteiger charge is 2.23. The summed E-state index contributed by atoms with van der Waals surface area (Å²) >= 11 is 16.9. The van der Waals surface area contributed by atoms with Crippen LogP contribution in [0.15, 0.2) is 41.3 Å². The minimum atomic E-state index is -1.17. The number of halogens is 3. The molecule has 1 aliphatic heterocycles. The molecule has 2 N–H and O–H groups in total. The summed E-state index contributed by atoms with van der Waals surface area (Å²) in [5.41, 5.74) is 0.285. The molecular weight excluding hydrogens is 495 g/mol. The summed E-state index contributed by atoms with van der Waals surface area (Å²) in [5, 5.41) is 14.2. The van der Waals surface area contributed by atoms with Crippen LogP contribution in [-0.2, 0) is 11.2 Å². The highest BCUT2D eigenvalue weighted by Crippen LogP contribution is 2.28. The number of carbonyl (C=O) groups excluding carboxylic acids is 1. The third-order valence-corrected chi connectivity index (χ3v) is 7.18. The molecule has 1 unspecified atom stereocenters. The lowest BCUT2D eigenvalue weighted by atomic mass is 10.1. The number of likely N-dealkylation sites (tertiary alicyclic amines) is 1. The van der Waals surface area contributed by atoms with Crippen LogP contribution in [0, 0.1) is 0 Å². The number of ether oxygens (including phenoxy) is 1. The molecule has 0 bridgehead atoms. The summed E-state index contributed by atoms with van der Waals surface area (Å²) in [5.74, 6) is 0.314. The molecule has 0 spiro atoms. The largest absolute Gasteiger partial charge is 0.612 e. The second-order valence-electron chi connectivity index (χ2n) is 7.65. The lowest BCUT2D eigenvalue weighted by Gasteiger charge is -2.33. The van der Waals surface area contributed by atoms with Crippen LogP contribution in [0.25, 0.3) is 0 Å². The van der Waals surface area contributed by atoms with Gasteiger partial charge in [-0.05, 0) is 48.3 Å². The van der Waals surface area contributed by atoms with Gasteiger partial charge in [0.1, 0.15) is 18.1 Å². The standard InChI is InChI=1S/C22H25Cl3N2O4S/c1-32(30)17-3-4-18(20(24)11-17)22(29)26-12-14(28)13-27-8-6-15(7-9-27)31-16-2-5-19(23)21(25)10-16/h2-5,10-11,14-15,28H,6-9,12-13H2,1H3,(H,26,29)/t14-,32?/m1/s1. The quantitative estimate of drug-likeness (QED) is 0.515. The first-order valence-corrected chi connectivity index (χ1v) is 12.9. The third kappa shape index (κ3) is 7.15. The number of aliphatic hydroxyl groups is 1. The average molecular weight is 520 g/mol. The highest BCUT2D eigenvalue weighted by atomic mass is 35.5. The smallest absolute Gasteiger partial charge is 0.252 e. The van der Waals surface area contributed by atoms with Gasteiger partial charge in [0.2, 0.25) is 0 Å². The average Bonchev–Trinajstić information content (AvgIpc) is 2.76. The molecule has 1 aliphatic rings. The van der Waals surface area contributed by atoms with E-state index in [1.165, 1.54) is 6.07 Å². The van der Waals surface area contributed by atoms with E-state index >= 15 is 0 Å². The number of benzene rings is 2. The van der Waals surface area contributed by atoms with Gasteiger partial charge in [0.25, 0.3) is 5.91 Å². The summed E-state index contributed by atoms with van der Waals surface area (Å²) in [7, 11) is 0. The number of rotatable bonds is 8. The van der Waals surface area contributed by atoms with Gasteiger partial charge >= 0.3 is 0 Å². The maximum absolute atomic E-state index is 12.4. The minimum absolute atomic E-state index is 0.0721. The van der Waals surface area contributed by atoms with E-state index in [4.69, 9.17) is 39.5 Å². The second kappa shape index (κ2) is 11.8. The Morgan fingerprint density at radius 3 is 2.53 bits per heavy atom. The van der Waals surface area contributed by atoms with Crippen LogP contribution in [0.1, 0.15) is 23.2 Å². The minimum Gasteiger partial charge on any atom is -0.612 e. The van der Waals surface area contributed by atoms with Crippen molar-refractivity contribution in [1.82, 2.24) is 10.2 Å². The van der Waals surface area contributed by atoms with Crippen LogP contribution in [-0.4, -0.2) is 65.1 Å². The number of carbonyl (C=O) groups is 1. The number of piperidine rings is 1. The zero-order chi connectivity index (χ0) is 23.3. The molecule has 0 radical (unpaired) electrons. The van der Waals surface area contributed by atoms with Crippen LogP contribution in [0.5, 0.6) is 5.75 Å². The molecule has 2 aromatic rings. The molecule has 0 saturated carbocycles. The number of hydrogen-bond donors (Lipinski definition) is 2. The van der Waals surface area contributed by atoms with E-state index in [0.29, 0.717) is 27.2 Å². The van der Waals surface area contributed by atoms with E-state index in [1.54, 1.807) is 36.6 Å². The Bertz CT molecular complexity index is 939. The van der Waals surface area contributed by atoms with E-state index in [0.717, 1.165) is 25.9 Å². The van der Waals surface area contributed by atoms with E-state index in [2.05, 4.69) is 10.2 Å². The molecule has 1 heterocycles. The fourth-order valence-corrected chi connectivity index (χ4v) is 4.64. The summed E-state index contributed by atoms with van der Waals surface area (Å²) in [6.45, 7) is 2.11. The van der Waals surface area contributed by atoms with Gasteiger partial charge in [0.05, 0.1) is 26.7 Å². The van der Waals surface area contributed by atoms with Crippen molar-refractivity contribution in [2.24, 2.45) is 0 Å². The first-order valence-electron chi connectivity index (χ1n) is 10.2. The van der Waals surface area contributed by atoms with E-state index in [-0.39, 0.29) is 29.1 Å². The molecule has 2 atom stereocenters. The first kappa shape index (κ1) is 25.4. The number of amides is 1. The van der Waals surface area contributed by atoms with Crippen LogP contribution in [0.3, 0.4) is 0 Å². The Labute approximate surface area is 206 Å². The molecule has 1 amide bonds. The Hall–Kier alpha value is -1.19. The summed E-state index contributed by atoms with van der Waals surface area (Å²) in [4.78, 5) is 15.1. The normalized spacial score (nSPS) is 17.1. The number of nitrogens with one attached hydrogen (secondary N) is 1. The highest BCUT2D eigenvalue weighted by molar-refractivity contribution is 7.90. The Balaban J connectivity index is 1.41. The van der Waals surface area contributed by atoms with Gasteiger partial charge < -0.3 is 24.6 Å². The second-order valence-corrected chi connectivity index (χ2v) is 10.3. The first-order chi connectivity index (χ1) is 15.2.